The van der Waals surface area contributed by atoms with Gasteiger partial charge in [0.1, 0.15) is 11.4 Å². The summed E-state index contributed by atoms with van der Waals surface area (Å²) in [6.45, 7) is 2.66. The fourth-order valence-corrected chi connectivity index (χ4v) is 1.12. The number of carbonyl (C=O) groups excluding carboxylic acids is 3. The molecule has 0 aliphatic rings. The Morgan fingerprint density at radius 3 is 2.06 bits per heavy atom. The summed E-state index contributed by atoms with van der Waals surface area (Å²) in [5, 5.41) is 0. The Kier molecular flexibility index (Phi) is 3.50. The Labute approximate surface area is 92.4 Å². The van der Waals surface area contributed by atoms with Crippen molar-refractivity contribution in [3.8, 4) is 0 Å². The normalized spacial score (nSPS) is 9.69. The molecule has 0 aliphatic heterocycles. The Morgan fingerprint density at radius 2 is 1.62 bits per heavy atom. The molecule has 5 nitrogen and oxygen atoms in total. The maximum atomic E-state index is 11.3. The molecule has 0 radical (unpaired) electrons. The summed E-state index contributed by atoms with van der Waals surface area (Å²) >= 11 is 0. The lowest BCUT2D eigenvalue weighted by Crippen LogP contribution is -2.10. The van der Waals surface area contributed by atoms with Crippen LogP contribution in [-0.2, 0) is 4.74 Å². The van der Waals surface area contributed by atoms with Crippen molar-refractivity contribution in [2.75, 3.05) is 7.11 Å². The second kappa shape index (κ2) is 4.65. The van der Waals surface area contributed by atoms with Gasteiger partial charge in [-0.25, -0.2) is 9.78 Å². The van der Waals surface area contributed by atoms with Crippen molar-refractivity contribution >= 4 is 17.5 Å². The van der Waals surface area contributed by atoms with Crippen LogP contribution in [0.3, 0.4) is 0 Å². The van der Waals surface area contributed by atoms with E-state index in [9.17, 15) is 14.4 Å². The molecule has 5 heteroatoms. The summed E-state index contributed by atoms with van der Waals surface area (Å²) in [6, 6.07) is 2.66. The van der Waals surface area contributed by atoms with Gasteiger partial charge in [-0.15, -0.1) is 0 Å². The molecule has 1 heterocycles. The van der Waals surface area contributed by atoms with Crippen molar-refractivity contribution < 1.29 is 19.1 Å². The Hall–Kier alpha value is -2.04. The van der Waals surface area contributed by atoms with Crippen molar-refractivity contribution in [2.45, 2.75) is 13.8 Å². The number of hydrogen-bond donors (Lipinski definition) is 0. The van der Waals surface area contributed by atoms with Crippen LogP contribution < -0.4 is 0 Å². The van der Waals surface area contributed by atoms with Crippen LogP contribution in [0.4, 0.5) is 0 Å². The average Bonchev–Trinajstić information content (AvgIpc) is 2.27. The first-order valence-electron chi connectivity index (χ1n) is 4.58. The minimum absolute atomic E-state index is 0.0413. The highest BCUT2D eigenvalue weighted by Crippen LogP contribution is 2.09. The minimum atomic E-state index is -0.675. The first-order chi connectivity index (χ1) is 7.45. The number of methoxy groups -OCH3 is 1. The van der Waals surface area contributed by atoms with Crippen molar-refractivity contribution in [2.24, 2.45) is 0 Å². The molecule has 0 saturated heterocycles. The lowest BCUT2D eigenvalue weighted by molar-refractivity contribution is 0.0594. The predicted octanol–water partition coefficient (Wildman–Crippen LogP) is 1.27. The molecule has 0 saturated carbocycles. The van der Waals surface area contributed by atoms with Gasteiger partial charge < -0.3 is 4.74 Å². The number of aromatic nitrogens is 1. The van der Waals surface area contributed by atoms with Gasteiger partial charge in [-0.05, 0) is 19.1 Å². The SMILES string of the molecule is COC(=O)c1cc(C(C)=O)cc(C(C)=O)n1. The first kappa shape index (κ1) is 12.0. The number of rotatable bonds is 3. The van der Waals surface area contributed by atoms with E-state index in [1.807, 2.05) is 0 Å². The highest BCUT2D eigenvalue weighted by molar-refractivity contribution is 6.01. The second-order valence-electron chi connectivity index (χ2n) is 3.23. The third kappa shape index (κ3) is 2.50. The molecule has 16 heavy (non-hydrogen) atoms. The molecule has 1 aromatic rings. The van der Waals surface area contributed by atoms with E-state index < -0.39 is 5.97 Å². The molecule has 0 atom stereocenters. The van der Waals surface area contributed by atoms with Gasteiger partial charge in [0.25, 0.3) is 0 Å². The van der Waals surface area contributed by atoms with Gasteiger partial charge in [-0.3, -0.25) is 9.59 Å². The van der Waals surface area contributed by atoms with Crippen molar-refractivity contribution in [1.82, 2.24) is 4.98 Å². The number of Topliss-reactive ketones (excluding diaryl/α,β-unsaturated/α-hetero) is 2. The molecule has 0 aliphatic carbocycles. The zero-order chi connectivity index (χ0) is 12.3. The molecule has 0 spiro atoms. The summed E-state index contributed by atoms with van der Waals surface area (Å²) in [4.78, 5) is 37.4. The van der Waals surface area contributed by atoms with Crippen LogP contribution in [0.25, 0.3) is 0 Å². The molecule has 0 unspecified atom stereocenters. The van der Waals surface area contributed by atoms with Crippen LogP contribution in [0, 0.1) is 0 Å². The largest absolute Gasteiger partial charge is 0.464 e. The van der Waals surface area contributed by atoms with Crippen LogP contribution in [0.1, 0.15) is 45.2 Å². The molecular weight excluding hydrogens is 210 g/mol. The van der Waals surface area contributed by atoms with E-state index in [-0.39, 0.29) is 28.5 Å². The van der Waals surface area contributed by atoms with Crippen LogP contribution in [0.5, 0.6) is 0 Å². The molecular formula is C11H11NO4. The van der Waals surface area contributed by atoms with E-state index in [0.29, 0.717) is 0 Å². The van der Waals surface area contributed by atoms with Crippen LogP contribution in [0.15, 0.2) is 12.1 Å². The quantitative estimate of drug-likeness (QED) is 0.567. The van der Waals surface area contributed by atoms with E-state index in [4.69, 9.17) is 0 Å². The molecule has 0 N–H and O–H groups in total. The van der Waals surface area contributed by atoms with Crippen molar-refractivity contribution in [3.05, 3.63) is 29.1 Å². The van der Waals surface area contributed by atoms with E-state index in [1.54, 1.807) is 0 Å². The first-order valence-corrected chi connectivity index (χ1v) is 4.58. The van der Waals surface area contributed by atoms with Gasteiger partial charge in [0.2, 0.25) is 0 Å². The van der Waals surface area contributed by atoms with Crippen LogP contribution in [-0.4, -0.2) is 29.6 Å². The van der Waals surface area contributed by atoms with Gasteiger partial charge >= 0.3 is 5.97 Å². The Balaban J connectivity index is 3.35. The van der Waals surface area contributed by atoms with E-state index in [0.717, 1.165) is 0 Å². The fourth-order valence-electron chi connectivity index (χ4n) is 1.12. The van der Waals surface area contributed by atoms with Gasteiger partial charge in [0.05, 0.1) is 7.11 Å². The molecule has 1 aromatic heterocycles. The predicted molar refractivity (Wildman–Crippen MR) is 55.6 cm³/mol. The van der Waals surface area contributed by atoms with Crippen LogP contribution in [0.2, 0.25) is 0 Å². The second-order valence-corrected chi connectivity index (χ2v) is 3.23. The number of pyridine rings is 1. The molecule has 0 fully saturated rings. The summed E-state index contributed by atoms with van der Waals surface area (Å²) in [5.74, 6) is -1.23. The molecule has 0 bridgehead atoms. The molecule has 1 rings (SSSR count). The van der Waals surface area contributed by atoms with E-state index in [2.05, 4.69) is 9.72 Å². The van der Waals surface area contributed by atoms with Crippen LogP contribution >= 0.6 is 0 Å². The van der Waals surface area contributed by atoms with E-state index >= 15 is 0 Å². The number of carbonyl (C=O) groups is 3. The third-order valence-corrected chi connectivity index (χ3v) is 1.99. The number of esters is 1. The third-order valence-electron chi connectivity index (χ3n) is 1.99. The van der Waals surface area contributed by atoms with Gasteiger partial charge in [-0.2, -0.15) is 0 Å². The monoisotopic (exact) mass is 221 g/mol. The topological polar surface area (TPSA) is 73.3 Å². The summed E-state index contributed by atoms with van der Waals surface area (Å²) in [6.07, 6.45) is 0. The lowest BCUT2D eigenvalue weighted by atomic mass is 10.1. The maximum Gasteiger partial charge on any atom is 0.356 e. The highest BCUT2D eigenvalue weighted by atomic mass is 16.5. The summed E-state index contributed by atoms with van der Waals surface area (Å²) < 4.78 is 4.48. The highest BCUT2D eigenvalue weighted by Gasteiger charge is 2.14. The smallest absolute Gasteiger partial charge is 0.356 e. The van der Waals surface area contributed by atoms with Crippen molar-refractivity contribution in [1.29, 1.82) is 0 Å². The standard InChI is InChI=1S/C11H11NO4/c1-6(13)8-4-9(7(2)14)12-10(5-8)11(15)16-3/h4-5H,1-3H3. The fraction of sp³-hybridized carbons (Fsp3) is 0.273. The number of ketones is 2. The van der Waals surface area contributed by atoms with Gasteiger partial charge in [0.15, 0.2) is 11.6 Å². The maximum absolute atomic E-state index is 11.3. The summed E-state index contributed by atoms with van der Waals surface area (Å²) in [5.41, 5.74) is 0.300. The van der Waals surface area contributed by atoms with Gasteiger partial charge in [-0.1, -0.05) is 0 Å². The number of hydrogen-bond acceptors (Lipinski definition) is 5. The Morgan fingerprint density at radius 1 is 1.06 bits per heavy atom. The minimum Gasteiger partial charge on any atom is -0.464 e. The van der Waals surface area contributed by atoms with Crippen molar-refractivity contribution in [3.63, 3.8) is 0 Å². The molecule has 84 valence electrons. The Bertz CT molecular complexity index is 433. The number of nitrogens with zero attached hydrogens (tertiary/aromatic N) is 1. The van der Waals surface area contributed by atoms with E-state index in [1.165, 1.54) is 33.1 Å². The zero-order valence-electron chi connectivity index (χ0n) is 9.23. The zero-order valence-corrected chi connectivity index (χ0v) is 9.23. The molecule has 0 amide bonds. The molecule has 0 aromatic carbocycles. The average molecular weight is 221 g/mol. The summed E-state index contributed by atoms with van der Waals surface area (Å²) in [7, 11) is 1.21. The van der Waals surface area contributed by atoms with Gasteiger partial charge in [0, 0.05) is 12.5 Å². The lowest BCUT2D eigenvalue weighted by Gasteiger charge is -2.03. The number of ether oxygens (including phenoxy) is 1.